The minimum absolute atomic E-state index is 0.000360. The Labute approximate surface area is 129 Å². The topological polar surface area (TPSA) is 99.1 Å². The van der Waals surface area contributed by atoms with E-state index in [1.165, 1.54) is 11.8 Å². The summed E-state index contributed by atoms with van der Waals surface area (Å²) in [6, 6.07) is 6.55. The van der Waals surface area contributed by atoms with Gasteiger partial charge in [0.2, 0.25) is 5.89 Å². The van der Waals surface area contributed by atoms with Gasteiger partial charge in [-0.3, -0.25) is 0 Å². The van der Waals surface area contributed by atoms with Crippen LogP contribution in [-0.4, -0.2) is 30.1 Å². The van der Waals surface area contributed by atoms with E-state index in [0.29, 0.717) is 21.8 Å². The highest BCUT2D eigenvalue weighted by Crippen LogP contribution is 2.20. The lowest BCUT2D eigenvalue weighted by atomic mass is 10.4. The molecule has 0 aliphatic heterocycles. The van der Waals surface area contributed by atoms with Crippen molar-refractivity contribution in [2.75, 3.05) is 11.5 Å². The van der Waals surface area contributed by atoms with Gasteiger partial charge in [-0.2, -0.15) is 0 Å². The van der Waals surface area contributed by atoms with Gasteiger partial charge in [0.15, 0.2) is 9.84 Å². The average molecular weight is 378 g/mol. The van der Waals surface area contributed by atoms with E-state index < -0.39 is 9.84 Å². The largest absolute Gasteiger partial charge is 0.415 e. The van der Waals surface area contributed by atoms with Crippen LogP contribution in [0.25, 0.3) is 0 Å². The first-order chi connectivity index (χ1) is 9.51. The molecular weight excluding hydrogens is 366 g/mol. The lowest BCUT2D eigenvalue weighted by Crippen LogP contribution is -2.08. The Hall–Kier alpha value is -0.900. The summed E-state index contributed by atoms with van der Waals surface area (Å²) in [6.07, 6.45) is 0. The monoisotopic (exact) mass is 377 g/mol. The number of nitrogens with zero attached hydrogens (tertiary/aromatic N) is 2. The highest BCUT2D eigenvalue weighted by Gasteiger charge is 2.15. The zero-order valence-corrected chi connectivity index (χ0v) is 13.5. The number of halogens is 1. The van der Waals surface area contributed by atoms with Crippen LogP contribution in [0.2, 0.25) is 0 Å². The number of hydrogen-bond acceptors (Lipinski definition) is 7. The SMILES string of the molecule is NCc1nnc(SCCS(=O)(=O)c2ccc(Br)cc2)o1. The average Bonchev–Trinajstić information content (AvgIpc) is 2.87. The van der Waals surface area contributed by atoms with Gasteiger partial charge in [-0.25, -0.2) is 8.42 Å². The minimum atomic E-state index is -3.30. The van der Waals surface area contributed by atoms with Crippen molar-refractivity contribution in [1.82, 2.24) is 10.2 Å². The van der Waals surface area contributed by atoms with Crippen molar-refractivity contribution in [3.8, 4) is 0 Å². The number of aromatic nitrogens is 2. The van der Waals surface area contributed by atoms with E-state index in [-0.39, 0.29) is 12.3 Å². The van der Waals surface area contributed by atoms with Gasteiger partial charge in [0, 0.05) is 10.2 Å². The molecule has 0 aliphatic rings. The third-order valence-electron chi connectivity index (χ3n) is 2.37. The lowest BCUT2D eigenvalue weighted by Gasteiger charge is -2.03. The molecule has 0 saturated heterocycles. The number of benzene rings is 1. The first-order valence-corrected chi connectivity index (χ1v) is 9.08. The molecule has 2 rings (SSSR count). The molecule has 2 N–H and O–H groups in total. The second kappa shape index (κ2) is 6.70. The molecule has 1 heterocycles. The number of nitrogens with two attached hydrogens (primary N) is 1. The molecule has 0 unspecified atom stereocenters. The Morgan fingerprint density at radius 2 is 1.95 bits per heavy atom. The van der Waals surface area contributed by atoms with Crippen molar-refractivity contribution < 1.29 is 12.8 Å². The molecule has 0 aliphatic carbocycles. The minimum Gasteiger partial charge on any atom is -0.415 e. The summed E-state index contributed by atoms with van der Waals surface area (Å²) >= 11 is 4.46. The van der Waals surface area contributed by atoms with Crippen molar-refractivity contribution in [2.24, 2.45) is 5.73 Å². The molecule has 1 aromatic carbocycles. The fourth-order valence-electron chi connectivity index (χ4n) is 1.38. The highest BCUT2D eigenvalue weighted by molar-refractivity contribution is 9.10. The Morgan fingerprint density at radius 3 is 2.55 bits per heavy atom. The quantitative estimate of drug-likeness (QED) is 0.766. The Balaban J connectivity index is 1.94. The van der Waals surface area contributed by atoms with E-state index in [4.69, 9.17) is 10.2 Å². The van der Waals surface area contributed by atoms with Crippen LogP contribution in [0.4, 0.5) is 0 Å². The second-order valence-electron chi connectivity index (χ2n) is 3.79. The van der Waals surface area contributed by atoms with Gasteiger partial charge in [0.1, 0.15) is 0 Å². The standard InChI is InChI=1S/C11H12BrN3O3S2/c12-8-1-3-9(4-2-8)20(16,17)6-5-19-11-15-14-10(7-13)18-11/h1-4H,5-7,13H2. The zero-order valence-electron chi connectivity index (χ0n) is 10.3. The Morgan fingerprint density at radius 1 is 1.25 bits per heavy atom. The first-order valence-electron chi connectivity index (χ1n) is 5.65. The summed E-state index contributed by atoms with van der Waals surface area (Å²) in [7, 11) is -3.30. The van der Waals surface area contributed by atoms with E-state index in [1.54, 1.807) is 24.3 Å². The van der Waals surface area contributed by atoms with Crippen LogP contribution in [0, 0.1) is 0 Å². The van der Waals surface area contributed by atoms with E-state index in [2.05, 4.69) is 26.1 Å². The van der Waals surface area contributed by atoms with Gasteiger partial charge in [-0.05, 0) is 24.3 Å². The van der Waals surface area contributed by atoms with E-state index in [0.717, 1.165) is 4.47 Å². The van der Waals surface area contributed by atoms with Crippen LogP contribution in [0.3, 0.4) is 0 Å². The fourth-order valence-corrected chi connectivity index (χ4v) is 4.07. The number of rotatable bonds is 6. The van der Waals surface area contributed by atoms with Crippen LogP contribution < -0.4 is 5.73 Å². The summed E-state index contributed by atoms with van der Waals surface area (Å²) in [5.74, 6) is 0.674. The maximum atomic E-state index is 12.1. The molecule has 108 valence electrons. The summed E-state index contributed by atoms with van der Waals surface area (Å²) in [4.78, 5) is 0.300. The molecule has 0 atom stereocenters. The van der Waals surface area contributed by atoms with Crippen LogP contribution >= 0.6 is 27.7 Å². The Bertz CT molecular complexity index is 670. The van der Waals surface area contributed by atoms with Crippen molar-refractivity contribution in [3.63, 3.8) is 0 Å². The number of hydrogen-bond donors (Lipinski definition) is 1. The number of sulfone groups is 1. The molecule has 0 saturated carbocycles. The molecule has 0 amide bonds. The summed E-state index contributed by atoms with van der Waals surface area (Å²) in [5.41, 5.74) is 5.34. The van der Waals surface area contributed by atoms with Crippen molar-refractivity contribution in [2.45, 2.75) is 16.7 Å². The van der Waals surface area contributed by atoms with Crippen molar-refractivity contribution in [1.29, 1.82) is 0 Å². The molecule has 1 aromatic heterocycles. The van der Waals surface area contributed by atoms with Gasteiger partial charge in [0.25, 0.3) is 5.22 Å². The molecule has 20 heavy (non-hydrogen) atoms. The van der Waals surface area contributed by atoms with Crippen LogP contribution in [0.5, 0.6) is 0 Å². The van der Waals surface area contributed by atoms with E-state index >= 15 is 0 Å². The lowest BCUT2D eigenvalue weighted by molar-refractivity contribution is 0.415. The Kier molecular flexibility index (Phi) is 5.19. The third kappa shape index (κ3) is 4.05. The van der Waals surface area contributed by atoms with Crippen LogP contribution in [0.15, 0.2) is 43.3 Å². The predicted molar refractivity (Wildman–Crippen MR) is 79.1 cm³/mol. The highest BCUT2D eigenvalue weighted by atomic mass is 79.9. The van der Waals surface area contributed by atoms with Gasteiger partial charge in [0.05, 0.1) is 17.2 Å². The molecule has 0 radical (unpaired) electrons. The number of thioether (sulfide) groups is 1. The summed E-state index contributed by atoms with van der Waals surface area (Å²) < 4.78 is 30.2. The predicted octanol–water partition coefficient (Wildman–Crippen LogP) is 1.86. The molecular formula is C11H12BrN3O3S2. The second-order valence-corrected chi connectivity index (χ2v) is 7.86. The van der Waals surface area contributed by atoms with Crippen molar-refractivity contribution in [3.05, 3.63) is 34.6 Å². The maximum absolute atomic E-state index is 12.1. The summed E-state index contributed by atoms with van der Waals surface area (Å²) in [6.45, 7) is 0.171. The van der Waals surface area contributed by atoms with Gasteiger partial charge in [-0.15, -0.1) is 10.2 Å². The summed E-state index contributed by atoms with van der Waals surface area (Å²) in [5, 5.41) is 7.79. The molecule has 0 bridgehead atoms. The normalized spacial score (nSPS) is 11.7. The molecule has 9 heteroatoms. The molecule has 6 nitrogen and oxygen atoms in total. The molecule has 0 fully saturated rings. The molecule has 0 spiro atoms. The zero-order chi connectivity index (χ0) is 14.6. The fraction of sp³-hybridized carbons (Fsp3) is 0.273. The first kappa shape index (κ1) is 15.5. The van der Waals surface area contributed by atoms with Crippen LogP contribution in [-0.2, 0) is 16.4 Å². The van der Waals surface area contributed by atoms with Crippen LogP contribution in [0.1, 0.15) is 5.89 Å². The van der Waals surface area contributed by atoms with Crippen molar-refractivity contribution >= 4 is 37.5 Å². The van der Waals surface area contributed by atoms with E-state index in [9.17, 15) is 8.42 Å². The third-order valence-corrected chi connectivity index (χ3v) is 5.71. The maximum Gasteiger partial charge on any atom is 0.276 e. The van der Waals surface area contributed by atoms with Gasteiger partial charge < -0.3 is 10.2 Å². The molecule has 2 aromatic rings. The van der Waals surface area contributed by atoms with Gasteiger partial charge in [-0.1, -0.05) is 27.7 Å². The van der Waals surface area contributed by atoms with Gasteiger partial charge >= 0.3 is 0 Å². The smallest absolute Gasteiger partial charge is 0.276 e. The van der Waals surface area contributed by atoms with E-state index in [1.807, 2.05) is 0 Å².